The maximum absolute atomic E-state index is 5.62. The second-order valence-corrected chi connectivity index (χ2v) is 6.87. The Kier molecular flexibility index (Phi) is 5.83. The van der Waals surface area contributed by atoms with E-state index in [-0.39, 0.29) is 24.0 Å². The predicted molar refractivity (Wildman–Crippen MR) is 111 cm³/mol. The molecule has 0 saturated carbocycles. The van der Waals surface area contributed by atoms with Gasteiger partial charge in [0, 0.05) is 45.2 Å². The van der Waals surface area contributed by atoms with E-state index in [4.69, 9.17) is 4.74 Å². The van der Waals surface area contributed by atoms with Gasteiger partial charge in [0.1, 0.15) is 0 Å². The Morgan fingerprint density at radius 1 is 1.36 bits per heavy atom. The number of likely N-dealkylation sites (tertiary alicyclic amines) is 1. The van der Waals surface area contributed by atoms with Gasteiger partial charge in [-0.15, -0.1) is 24.0 Å². The number of hydrogen-bond donors (Lipinski definition) is 1. The van der Waals surface area contributed by atoms with Crippen LogP contribution >= 0.6 is 24.0 Å². The molecule has 1 atom stereocenters. The minimum atomic E-state index is 0. The van der Waals surface area contributed by atoms with Crippen LogP contribution in [0, 0.1) is 5.41 Å². The molecular weight excluding hydrogens is 429 g/mol. The summed E-state index contributed by atoms with van der Waals surface area (Å²) >= 11 is 0. The first-order chi connectivity index (χ1) is 11.8. The molecule has 1 N–H and O–H groups in total. The number of guanidine groups is 1. The van der Waals surface area contributed by atoms with Gasteiger partial charge < -0.3 is 19.5 Å². The Hall–Kier alpha value is -1.35. The molecule has 0 bridgehead atoms. The van der Waals surface area contributed by atoms with Crippen molar-refractivity contribution in [1.29, 1.82) is 0 Å². The summed E-state index contributed by atoms with van der Waals surface area (Å²) in [5.74, 6) is 1.00. The lowest BCUT2D eigenvalue weighted by Crippen LogP contribution is -2.42. The molecular formula is C18H26IN5O. The van der Waals surface area contributed by atoms with Crippen LogP contribution in [0.5, 0.6) is 0 Å². The fourth-order valence-electron chi connectivity index (χ4n) is 3.90. The molecule has 1 unspecified atom stereocenters. The van der Waals surface area contributed by atoms with Gasteiger partial charge in [-0.2, -0.15) is 0 Å². The van der Waals surface area contributed by atoms with Gasteiger partial charge in [-0.3, -0.25) is 4.99 Å². The van der Waals surface area contributed by atoms with Crippen LogP contribution in [0.15, 0.2) is 35.6 Å². The number of aliphatic imine (C=N–C) groups is 1. The lowest BCUT2D eigenvalue weighted by atomic mass is 9.87. The number of ether oxygens (including phenoxy) is 1. The van der Waals surface area contributed by atoms with Crippen molar-refractivity contribution in [3.63, 3.8) is 0 Å². The highest BCUT2D eigenvalue weighted by atomic mass is 127. The molecule has 136 valence electrons. The number of halogens is 1. The number of fused-ring (bicyclic) bond motifs is 1. The Balaban J connectivity index is 0.00000182. The molecule has 25 heavy (non-hydrogen) atoms. The number of nitrogens with one attached hydrogen (secondary N) is 1. The van der Waals surface area contributed by atoms with Crippen LogP contribution in [0.3, 0.4) is 0 Å². The highest BCUT2D eigenvalue weighted by Crippen LogP contribution is 2.38. The van der Waals surface area contributed by atoms with Crippen molar-refractivity contribution in [3.05, 3.63) is 30.6 Å². The lowest BCUT2D eigenvalue weighted by Gasteiger charge is -2.25. The topological polar surface area (TPSA) is 54.7 Å². The zero-order valence-corrected chi connectivity index (χ0v) is 17.0. The highest BCUT2D eigenvalue weighted by Gasteiger charge is 2.42. The number of hydrogen-bond acceptors (Lipinski definition) is 3. The number of aromatic nitrogens is 2. The second-order valence-electron chi connectivity index (χ2n) is 6.87. The largest absolute Gasteiger partial charge is 0.381 e. The standard InChI is InChI=1S/C18H25N5O.HI/c1-19-17(22-9-6-18(12-22)7-11-24-13-18)20-8-10-23-14-21-15-4-2-3-5-16(15)23;/h2-5,14H,6-13H2,1H3,(H,19,20);1H. The Bertz CT molecular complexity index is 738. The summed E-state index contributed by atoms with van der Waals surface area (Å²) < 4.78 is 7.80. The molecule has 0 amide bonds. The smallest absolute Gasteiger partial charge is 0.193 e. The number of imidazole rings is 1. The average molecular weight is 455 g/mol. The molecule has 1 aromatic heterocycles. The summed E-state index contributed by atoms with van der Waals surface area (Å²) in [6.45, 7) is 5.65. The van der Waals surface area contributed by atoms with E-state index in [2.05, 4.69) is 36.9 Å². The van der Waals surface area contributed by atoms with Gasteiger partial charge >= 0.3 is 0 Å². The summed E-state index contributed by atoms with van der Waals surface area (Å²) in [4.78, 5) is 11.3. The number of benzene rings is 1. The first-order valence-corrected chi connectivity index (χ1v) is 8.73. The van der Waals surface area contributed by atoms with Gasteiger partial charge in [0.2, 0.25) is 0 Å². The quantitative estimate of drug-likeness (QED) is 0.439. The minimum absolute atomic E-state index is 0. The third kappa shape index (κ3) is 3.76. The first kappa shape index (κ1) is 18.4. The number of para-hydroxylation sites is 2. The van der Waals surface area contributed by atoms with Gasteiger partial charge in [0.25, 0.3) is 0 Å². The van der Waals surface area contributed by atoms with Gasteiger partial charge in [-0.25, -0.2) is 4.98 Å². The maximum Gasteiger partial charge on any atom is 0.193 e. The van der Waals surface area contributed by atoms with Crippen molar-refractivity contribution >= 4 is 41.0 Å². The van der Waals surface area contributed by atoms with Crippen molar-refractivity contribution < 1.29 is 4.74 Å². The van der Waals surface area contributed by atoms with Crippen molar-refractivity contribution in [2.24, 2.45) is 10.4 Å². The van der Waals surface area contributed by atoms with Crippen molar-refractivity contribution in [3.8, 4) is 0 Å². The third-order valence-electron chi connectivity index (χ3n) is 5.30. The van der Waals surface area contributed by atoms with Gasteiger partial charge in [-0.1, -0.05) is 12.1 Å². The van der Waals surface area contributed by atoms with E-state index in [0.29, 0.717) is 5.41 Å². The molecule has 2 saturated heterocycles. The number of rotatable bonds is 3. The Morgan fingerprint density at radius 2 is 2.24 bits per heavy atom. The fraction of sp³-hybridized carbons (Fsp3) is 0.556. The predicted octanol–water partition coefficient (Wildman–Crippen LogP) is 2.34. The zero-order valence-electron chi connectivity index (χ0n) is 14.6. The van der Waals surface area contributed by atoms with E-state index >= 15 is 0 Å². The third-order valence-corrected chi connectivity index (χ3v) is 5.30. The molecule has 0 radical (unpaired) electrons. The summed E-state index contributed by atoms with van der Waals surface area (Å²) in [5, 5.41) is 3.51. The molecule has 2 aromatic rings. The summed E-state index contributed by atoms with van der Waals surface area (Å²) in [6.07, 6.45) is 4.30. The van der Waals surface area contributed by atoms with Gasteiger partial charge in [0.05, 0.1) is 24.0 Å². The Morgan fingerprint density at radius 3 is 3.04 bits per heavy atom. The SMILES string of the molecule is CN=C(NCCn1cnc2ccccc21)N1CCC2(CCOC2)C1.I. The molecule has 3 heterocycles. The molecule has 1 aromatic carbocycles. The van der Waals surface area contributed by atoms with Crippen molar-refractivity contribution in [2.75, 3.05) is 39.9 Å². The summed E-state index contributed by atoms with van der Waals surface area (Å²) in [6, 6.07) is 8.24. The van der Waals surface area contributed by atoms with Gasteiger partial charge in [-0.05, 0) is 25.0 Å². The molecule has 2 aliphatic rings. The van der Waals surface area contributed by atoms with Gasteiger partial charge in [0.15, 0.2) is 5.96 Å². The Labute approximate surface area is 165 Å². The van der Waals surface area contributed by atoms with E-state index in [9.17, 15) is 0 Å². The molecule has 6 nitrogen and oxygen atoms in total. The highest BCUT2D eigenvalue weighted by molar-refractivity contribution is 14.0. The summed E-state index contributed by atoms with van der Waals surface area (Å²) in [7, 11) is 1.87. The van der Waals surface area contributed by atoms with E-state index in [1.807, 2.05) is 25.5 Å². The van der Waals surface area contributed by atoms with Crippen LogP contribution in [0.25, 0.3) is 11.0 Å². The lowest BCUT2D eigenvalue weighted by molar-refractivity contribution is 0.156. The second kappa shape index (κ2) is 7.90. The van der Waals surface area contributed by atoms with Crippen molar-refractivity contribution in [2.45, 2.75) is 19.4 Å². The van der Waals surface area contributed by atoms with Crippen LogP contribution in [-0.2, 0) is 11.3 Å². The number of nitrogens with zero attached hydrogens (tertiary/aromatic N) is 4. The van der Waals surface area contributed by atoms with Crippen LogP contribution in [0.2, 0.25) is 0 Å². The van der Waals surface area contributed by atoms with E-state index in [0.717, 1.165) is 50.9 Å². The zero-order chi connectivity index (χ0) is 16.4. The molecule has 7 heteroatoms. The van der Waals surface area contributed by atoms with Crippen molar-refractivity contribution in [1.82, 2.24) is 19.8 Å². The first-order valence-electron chi connectivity index (χ1n) is 8.73. The normalized spacial score (nSPS) is 23.4. The maximum atomic E-state index is 5.62. The summed E-state index contributed by atoms with van der Waals surface area (Å²) in [5.41, 5.74) is 2.58. The molecule has 1 spiro atoms. The van der Waals surface area contributed by atoms with Crippen LogP contribution < -0.4 is 5.32 Å². The van der Waals surface area contributed by atoms with E-state index in [1.165, 1.54) is 18.4 Å². The molecule has 2 fully saturated rings. The monoisotopic (exact) mass is 455 g/mol. The fourth-order valence-corrected chi connectivity index (χ4v) is 3.90. The van der Waals surface area contributed by atoms with Crippen LogP contribution in [0.4, 0.5) is 0 Å². The van der Waals surface area contributed by atoms with E-state index in [1.54, 1.807) is 0 Å². The minimum Gasteiger partial charge on any atom is -0.381 e. The molecule has 2 aliphatic heterocycles. The van der Waals surface area contributed by atoms with E-state index < -0.39 is 0 Å². The average Bonchev–Trinajstić information content (AvgIpc) is 3.34. The van der Waals surface area contributed by atoms with Crippen LogP contribution in [0.1, 0.15) is 12.8 Å². The van der Waals surface area contributed by atoms with Crippen LogP contribution in [-0.4, -0.2) is 60.3 Å². The molecule has 4 rings (SSSR count). The molecule has 0 aliphatic carbocycles.